The molecule has 0 saturated heterocycles. The number of aliphatic hydroxyl groups excluding tert-OH is 1. The van der Waals surface area contributed by atoms with E-state index in [0.717, 1.165) is 40.6 Å². The van der Waals surface area contributed by atoms with Crippen molar-refractivity contribution in [2.24, 2.45) is 10.9 Å². The zero-order valence-corrected chi connectivity index (χ0v) is 17.5. The maximum absolute atomic E-state index is 9.37. The minimum atomic E-state index is 0.108. The summed E-state index contributed by atoms with van der Waals surface area (Å²) in [5, 5.41) is 13.7. The Labute approximate surface area is 173 Å². The lowest BCUT2D eigenvalue weighted by molar-refractivity contribution is 0.217. The van der Waals surface area contributed by atoms with Crippen LogP contribution < -0.4 is 15.8 Å². The molecule has 2 aromatic rings. The molecule has 2 heterocycles. The van der Waals surface area contributed by atoms with Crippen LogP contribution in [0.25, 0.3) is 0 Å². The number of anilines is 2. The summed E-state index contributed by atoms with van der Waals surface area (Å²) in [6, 6.07) is 5.80. The topological polar surface area (TPSA) is 106 Å². The second-order valence-corrected chi connectivity index (χ2v) is 7.79. The fourth-order valence-corrected chi connectivity index (χ4v) is 4.26. The number of nitrogens with zero attached hydrogens (tertiary/aromatic N) is 3. The molecule has 9 heteroatoms. The zero-order valence-electron chi connectivity index (χ0n) is 15.9. The van der Waals surface area contributed by atoms with E-state index in [0.29, 0.717) is 17.9 Å². The molecule has 1 aromatic carbocycles. The minimum Gasteiger partial charge on any atom is -0.497 e. The summed E-state index contributed by atoms with van der Waals surface area (Å²) in [4.78, 5) is 13.2. The van der Waals surface area contributed by atoms with Crippen molar-refractivity contribution in [3.05, 3.63) is 34.5 Å². The van der Waals surface area contributed by atoms with Crippen LogP contribution in [0.1, 0.15) is 30.9 Å². The molecule has 4 N–H and O–H groups in total. The first-order chi connectivity index (χ1) is 13.5. The highest BCUT2D eigenvalue weighted by Gasteiger charge is 2.22. The van der Waals surface area contributed by atoms with Crippen molar-refractivity contribution in [1.82, 2.24) is 9.97 Å². The van der Waals surface area contributed by atoms with Gasteiger partial charge in [-0.2, -0.15) is 4.98 Å². The number of methoxy groups -OCH3 is 1. The highest BCUT2D eigenvalue weighted by molar-refractivity contribution is 8.13. The second kappa shape index (κ2) is 9.45. The van der Waals surface area contributed by atoms with Gasteiger partial charge in [0.15, 0.2) is 0 Å². The third-order valence-corrected chi connectivity index (χ3v) is 5.95. The predicted octanol–water partition coefficient (Wildman–Crippen LogP) is 3.87. The standard InChI is InChI=1S/C19H24ClN5O2S/c1-3-11(9-26)6-7-22-17-15(16(20)24-19(21)25-17)18-23-14-5-4-13(27-2)8-12(14)10-28-18/h4-5,8,11,26H,3,6-7,9-10H2,1-2H3,(H3,21,22,24,25). The number of halogens is 1. The molecule has 0 saturated carbocycles. The smallest absolute Gasteiger partial charge is 0.223 e. The third kappa shape index (κ3) is 4.68. The third-order valence-electron chi connectivity index (χ3n) is 4.65. The van der Waals surface area contributed by atoms with E-state index in [1.165, 1.54) is 0 Å². The van der Waals surface area contributed by atoms with E-state index in [4.69, 9.17) is 27.1 Å². The highest BCUT2D eigenvalue weighted by atomic mass is 35.5. The quantitative estimate of drug-likeness (QED) is 0.555. The van der Waals surface area contributed by atoms with Gasteiger partial charge in [-0.15, -0.1) is 11.8 Å². The van der Waals surface area contributed by atoms with Crippen molar-refractivity contribution in [3.63, 3.8) is 0 Å². The molecule has 0 spiro atoms. The lowest BCUT2D eigenvalue weighted by atomic mass is 10.0. The molecule has 28 heavy (non-hydrogen) atoms. The molecule has 1 aromatic heterocycles. The molecule has 0 radical (unpaired) electrons. The molecule has 1 aliphatic rings. The van der Waals surface area contributed by atoms with Crippen LogP contribution in [0.15, 0.2) is 23.2 Å². The average molecular weight is 422 g/mol. The molecule has 150 valence electrons. The number of ether oxygens (including phenoxy) is 1. The van der Waals surface area contributed by atoms with Crippen molar-refractivity contribution < 1.29 is 9.84 Å². The van der Waals surface area contributed by atoms with Gasteiger partial charge in [-0.3, -0.25) is 0 Å². The second-order valence-electron chi connectivity index (χ2n) is 6.47. The Morgan fingerprint density at radius 1 is 1.39 bits per heavy atom. The molecule has 7 nitrogen and oxygen atoms in total. The molecular weight excluding hydrogens is 398 g/mol. The number of hydrogen-bond acceptors (Lipinski definition) is 8. The summed E-state index contributed by atoms with van der Waals surface area (Å²) >= 11 is 7.98. The number of hydrogen-bond donors (Lipinski definition) is 3. The van der Waals surface area contributed by atoms with Gasteiger partial charge in [-0.1, -0.05) is 24.9 Å². The van der Waals surface area contributed by atoms with Crippen molar-refractivity contribution in [3.8, 4) is 5.75 Å². The van der Waals surface area contributed by atoms with Crippen molar-refractivity contribution in [2.45, 2.75) is 25.5 Å². The summed E-state index contributed by atoms with van der Waals surface area (Å²) < 4.78 is 5.28. The summed E-state index contributed by atoms with van der Waals surface area (Å²) in [6.45, 7) is 2.87. The van der Waals surface area contributed by atoms with Crippen LogP contribution >= 0.6 is 23.4 Å². The van der Waals surface area contributed by atoms with E-state index in [-0.39, 0.29) is 23.6 Å². The van der Waals surface area contributed by atoms with E-state index >= 15 is 0 Å². The lowest BCUT2D eigenvalue weighted by Crippen LogP contribution is -2.16. The Morgan fingerprint density at radius 2 is 2.21 bits per heavy atom. The van der Waals surface area contributed by atoms with Gasteiger partial charge in [0, 0.05) is 18.9 Å². The van der Waals surface area contributed by atoms with E-state index in [1.54, 1.807) is 18.9 Å². The maximum atomic E-state index is 9.37. The van der Waals surface area contributed by atoms with Crippen LogP contribution in [0.2, 0.25) is 5.15 Å². The fraction of sp³-hybridized carbons (Fsp3) is 0.421. The zero-order chi connectivity index (χ0) is 20.1. The van der Waals surface area contributed by atoms with Gasteiger partial charge >= 0.3 is 0 Å². The molecular formula is C19H24ClN5O2S. The predicted molar refractivity (Wildman–Crippen MR) is 116 cm³/mol. The molecule has 1 atom stereocenters. The Kier molecular flexibility index (Phi) is 6.98. The number of aliphatic imine (C=N–C) groups is 1. The Morgan fingerprint density at radius 3 is 2.93 bits per heavy atom. The van der Waals surface area contributed by atoms with Crippen LogP contribution in [0.4, 0.5) is 17.5 Å². The Bertz CT molecular complexity index is 874. The fourth-order valence-electron chi connectivity index (χ4n) is 2.92. The van der Waals surface area contributed by atoms with Gasteiger partial charge in [0.05, 0.1) is 18.4 Å². The monoisotopic (exact) mass is 421 g/mol. The van der Waals surface area contributed by atoms with Crippen molar-refractivity contribution in [1.29, 1.82) is 0 Å². The SMILES string of the molecule is CCC(CO)CCNc1nc(N)nc(Cl)c1C1=Nc2ccc(OC)cc2CS1. The number of nitrogens with one attached hydrogen (secondary N) is 1. The Hall–Kier alpha value is -2.03. The largest absolute Gasteiger partial charge is 0.497 e. The molecule has 3 rings (SSSR count). The molecule has 0 amide bonds. The number of thioether (sulfide) groups is 1. The van der Waals surface area contributed by atoms with Crippen LogP contribution in [0, 0.1) is 5.92 Å². The average Bonchev–Trinajstić information content (AvgIpc) is 2.70. The number of nitrogen functional groups attached to an aromatic ring is 1. The van der Waals surface area contributed by atoms with Crippen molar-refractivity contribution in [2.75, 3.05) is 31.3 Å². The molecule has 1 aliphatic heterocycles. The number of rotatable bonds is 8. The van der Waals surface area contributed by atoms with Gasteiger partial charge in [0.25, 0.3) is 0 Å². The van der Waals surface area contributed by atoms with Crippen LogP contribution in [0.5, 0.6) is 5.75 Å². The normalized spacial score (nSPS) is 14.2. The number of fused-ring (bicyclic) bond motifs is 1. The first-order valence-corrected chi connectivity index (χ1v) is 10.5. The first-order valence-electron chi connectivity index (χ1n) is 9.12. The van der Waals surface area contributed by atoms with Crippen LogP contribution in [-0.2, 0) is 5.75 Å². The number of aliphatic hydroxyl groups is 1. The van der Waals surface area contributed by atoms with E-state index < -0.39 is 0 Å². The van der Waals surface area contributed by atoms with Crippen LogP contribution in [0.3, 0.4) is 0 Å². The van der Waals surface area contributed by atoms with E-state index in [9.17, 15) is 5.11 Å². The number of nitrogens with two attached hydrogens (primary N) is 1. The highest BCUT2D eigenvalue weighted by Crippen LogP contribution is 2.38. The summed E-state index contributed by atoms with van der Waals surface area (Å²) in [7, 11) is 1.65. The number of benzene rings is 1. The summed E-state index contributed by atoms with van der Waals surface area (Å²) in [5.74, 6) is 2.47. The molecule has 0 fully saturated rings. The van der Waals surface area contributed by atoms with Crippen LogP contribution in [-0.4, -0.2) is 40.4 Å². The molecule has 1 unspecified atom stereocenters. The lowest BCUT2D eigenvalue weighted by Gasteiger charge is -2.19. The van der Waals surface area contributed by atoms with Gasteiger partial charge in [-0.25, -0.2) is 9.98 Å². The first kappa shape index (κ1) is 20.7. The van der Waals surface area contributed by atoms with E-state index in [2.05, 4.69) is 22.2 Å². The van der Waals surface area contributed by atoms with Gasteiger partial charge in [-0.05, 0) is 36.1 Å². The molecule has 0 bridgehead atoms. The number of aromatic nitrogens is 2. The summed E-state index contributed by atoms with van der Waals surface area (Å²) in [5.41, 5.74) is 8.43. The maximum Gasteiger partial charge on any atom is 0.223 e. The van der Waals surface area contributed by atoms with Gasteiger partial charge in [0.1, 0.15) is 21.8 Å². The van der Waals surface area contributed by atoms with Gasteiger partial charge in [0.2, 0.25) is 5.95 Å². The Balaban J connectivity index is 1.89. The van der Waals surface area contributed by atoms with E-state index in [1.807, 2.05) is 18.2 Å². The molecule has 0 aliphatic carbocycles. The summed E-state index contributed by atoms with van der Waals surface area (Å²) in [6.07, 6.45) is 1.73. The van der Waals surface area contributed by atoms with Crippen molar-refractivity contribution >= 4 is 45.9 Å². The minimum absolute atomic E-state index is 0.108. The van der Waals surface area contributed by atoms with Gasteiger partial charge < -0.3 is 20.9 Å².